The molecule has 0 bridgehead atoms. The molecular formula is C11H24N2O2S. The minimum Gasteiger partial charge on any atom is -0.315 e. The first kappa shape index (κ1) is 13.9. The predicted octanol–water partition coefficient (Wildman–Crippen LogP) is 1.05. The third-order valence-electron chi connectivity index (χ3n) is 2.95. The van der Waals surface area contributed by atoms with Crippen LogP contribution < -0.4 is 5.32 Å². The van der Waals surface area contributed by atoms with Crippen LogP contribution in [0.3, 0.4) is 0 Å². The summed E-state index contributed by atoms with van der Waals surface area (Å²) >= 11 is 0. The van der Waals surface area contributed by atoms with Crippen molar-refractivity contribution in [1.82, 2.24) is 9.62 Å². The van der Waals surface area contributed by atoms with Crippen molar-refractivity contribution in [3.8, 4) is 0 Å². The zero-order chi connectivity index (χ0) is 12.2. The van der Waals surface area contributed by atoms with E-state index in [2.05, 4.69) is 19.2 Å². The molecule has 0 amide bonds. The Morgan fingerprint density at radius 3 is 2.56 bits per heavy atom. The molecule has 0 aliphatic carbocycles. The highest BCUT2D eigenvalue weighted by atomic mass is 32.2. The quantitative estimate of drug-likeness (QED) is 0.791. The second kappa shape index (κ2) is 5.98. The van der Waals surface area contributed by atoms with Gasteiger partial charge in [0.25, 0.3) is 0 Å². The standard InChI is InChI=1S/C11H24N2O2S/c1-4-13(9-10(2)3)16(14,15)11-6-5-7-12-8-11/h10-12H,4-9H2,1-3H3. The number of rotatable bonds is 5. The summed E-state index contributed by atoms with van der Waals surface area (Å²) in [6.45, 7) is 8.79. The second-order valence-corrected chi connectivity index (χ2v) is 7.07. The van der Waals surface area contributed by atoms with E-state index in [0.717, 1.165) is 19.4 Å². The fraction of sp³-hybridized carbons (Fsp3) is 1.00. The Labute approximate surface area is 99.5 Å². The van der Waals surface area contributed by atoms with E-state index in [1.807, 2.05) is 6.92 Å². The molecule has 1 rings (SSSR count). The summed E-state index contributed by atoms with van der Waals surface area (Å²) in [4.78, 5) is 0. The molecule has 1 aliphatic rings. The van der Waals surface area contributed by atoms with Crippen LogP contribution in [0.4, 0.5) is 0 Å². The van der Waals surface area contributed by atoms with Crippen molar-refractivity contribution < 1.29 is 8.42 Å². The first-order chi connectivity index (χ1) is 7.48. The highest BCUT2D eigenvalue weighted by Gasteiger charge is 2.32. The van der Waals surface area contributed by atoms with Gasteiger partial charge >= 0.3 is 0 Å². The van der Waals surface area contributed by atoms with E-state index in [-0.39, 0.29) is 5.25 Å². The Bertz CT molecular complexity index is 295. The zero-order valence-electron chi connectivity index (χ0n) is 10.6. The van der Waals surface area contributed by atoms with Gasteiger partial charge in [-0.1, -0.05) is 20.8 Å². The van der Waals surface area contributed by atoms with Crippen LogP contribution in [0.1, 0.15) is 33.6 Å². The van der Waals surface area contributed by atoms with Crippen LogP contribution in [0.2, 0.25) is 0 Å². The molecule has 1 fully saturated rings. The number of nitrogens with one attached hydrogen (secondary N) is 1. The summed E-state index contributed by atoms with van der Waals surface area (Å²) in [6, 6.07) is 0. The van der Waals surface area contributed by atoms with E-state index in [0.29, 0.717) is 25.6 Å². The van der Waals surface area contributed by atoms with Gasteiger partial charge in [0.15, 0.2) is 0 Å². The van der Waals surface area contributed by atoms with Crippen LogP contribution in [-0.4, -0.2) is 44.2 Å². The number of piperidine rings is 1. The molecule has 1 saturated heterocycles. The van der Waals surface area contributed by atoms with Crippen molar-refractivity contribution in [3.05, 3.63) is 0 Å². The van der Waals surface area contributed by atoms with Gasteiger partial charge in [0.1, 0.15) is 0 Å². The van der Waals surface area contributed by atoms with Gasteiger partial charge in [-0.05, 0) is 25.3 Å². The predicted molar refractivity (Wildman–Crippen MR) is 66.9 cm³/mol. The first-order valence-electron chi connectivity index (χ1n) is 6.18. The van der Waals surface area contributed by atoms with Gasteiger partial charge < -0.3 is 5.32 Å². The maximum atomic E-state index is 12.3. The summed E-state index contributed by atoms with van der Waals surface area (Å²) in [5.41, 5.74) is 0. The van der Waals surface area contributed by atoms with Gasteiger partial charge in [0.2, 0.25) is 10.0 Å². The number of nitrogens with zero attached hydrogens (tertiary/aromatic N) is 1. The van der Waals surface area contributed by atoms with Crippen LogP contribution in [0.15, 0.2) is 0 Å². The van der Waals surface area contributed by atoms with E-state index in [4.69, 9.17) is 0 Å². The van der Waals surface area contributed by atoms with Gasteiger partial charge in [-0.15, -0.1) is 0 Å². The Hall–Kier alpha value is -0.130. The highest BCUT2D eigenvalue weighted by molar-refractivity contribution is 7.89. The highest BCUT2D eigenvalue weighted by Crippen LogP contribution is 2.17. The summed E-state index contributed by atoms with van der Waals surface area (Å²) in [5.74, 6) is 0.381. The monoisotopic (exact) mass is 248 g/mol. The van der Waals surface area contributed by atoms with Gasteiger partial charge in [-0.3, -0.25) is 0 Å². The van der Waals surface area contributed by atoms with Crippen LogP contribution in [0, 0.1) is 5.92 Å². The molecule has 5 heteroatoms. The van der Waals surface area contributed by atoms with E-state index >= 15 is 0 Å². The molecule has 1 unspecified atom stereocenters. The maximum absolute atomic E-state index is 12.3. The third kappa shape index (κ3) is 3.43. The van der Waals surface area contributed by atoms with E-state index < -0.39 is 10.0 Å². The summed E-state index contributed by atoms with van der Waals surface area (Å²) in [6.07, 6.45) is 1.76. The summed E-state index contributed by atoms with van der Waals surface area (Å²) in [7, 11) is -3.10. The molecule has 16 heavy (non-hydrogen) atoms. The van der Waals surface area contributed by atoms with E-state index in [1.54, 1.807) is 4.31 Å². The molecule has 0 aromatic heterocycles. The normalized spacial score (nSPS) is 22.9. The number of hydrogen-bond donors (Lipinski definition) is 1. The van der Waals surface area contributed by atoms with E-state index in [1.165, 1.54) is 0 Å². The molecule has 0 spiro atoms. The molecule has 0 saturated carbocycles. The second-order valence-electron chi connectivity index (χ2n) is 4.86. The van der Waals surface area contributed by atoms with Crippen molar-refractivity contribution in [2.45, 2.75) is 38.9 Å². The lowest BCUT2D eigenvalue weighted by molar-refractivity contribution is 0.366. The summed E-state index contributed by atoms with van der Waals surface area (Å²) in [5, 5.41) is 2.95. The topological polar surface area (TPSA) is 49.4 Å². The van der Waals surface area contributed by atoms with Gasteiger partial charge in [0, 0.05) is 19.6 Å². The molecule has 0 radical (unpaired) electrons. The minimum absolute atomic E-state index is 0.222. The van der Waals surface area contributed by atoms with Crippen molar-refractivity contribution in [1.29, 1.82) is 0 Å². The smallest absolute Gasteiger partial charge is 0.218 e. The lowest BCUT2D eigenvalue weighted by atomic mass is 10.2. The van der Waals surface area contributed by atoms with Gasteiger partial charge in [-0.25, -0.2) is 12.7 Å². The van der Waals surface area contributed by atoms with Gasteiger partial charge in [-0.2, -0.15) is 0 Å². The van der Waals surface area contributed by atoms with Crippen LogP contribution in [0.5, 0.6) is 0 Å². The van der Waals surface area contributed by atoms with Crippen molar-refractivity contribution in [2.75, 3.05) is 26.2 Å². The Morgan fingerprint density at radius 1 is 1.44 bits per heavy atom. The SMILES string of the molecule is CCN(CC(C)C)S(=O)(=O)C1CCCNC1. The third-order valence-corrected chi connectivity index (χ3v) is 5.33. The average molecular weight is 248 g/mol. The molecule has 0 aromatic carbocycles. The van der Waals surface area contributed by atoms with Crippen molar-refractivity contribution >= 4 is 10.0 Å². The van der Waals surface area contributed by atoms with Crippen molar-refractivity contribution in [3.63, 3.8) is 0 Å². The van der Waals surface area contributed by atoms with E-state index in [9.17, 15) is 8.42 Å². The first-order valence-corrected chi connectivity index (χ1v) is 7.68. The number of hydrogen-bond acceptors (Lipinski definition) is 3. The van der Waals surface area contributed by atoms with Crippen molar-refractivity contribution in [2.24, 2.45) is 5.92 Å². The Balaban J connectivity index is 2.72. The van der Waals surface area contributed by atoms with Crippen LogP contribution in [-0.2, 0) is 10.0 Å². The minimum atomic E-state index is -3.10. The molecule has 1 atom stereocenters. The summed E-state index contributed by atoms with van der Waals surface area (Å²) < 4.78 is 26.3. The largest absolute Gasteiger partial charge is 0.315 e. The molecule has 96 valence electrons. The lowest BCUT2D eigenvalue weighted by Gasteiger charge is -2.30. The Morgan fingerprint density at radius 2 is 2.12 bits per heavy atom. The molecule has 0 aromatic rings. The molecular weight excluding hydrogens is 224 g/mol. The average Bonchev–Trinajstić information content (AvgIpc) is 2.26. The molecule has 4 nitrogen and oxygen atoms in total. The maximum Gasteiger partial charge on any atom is 0.218 e. The van der Waals surface area contributed by atoms with Crippen LogP contribution >= 0.6 is 0 Å². The Kier molecular flexibility index (Phi) is 5.21. The molecule has 1 N–H and O–H groups in total. The fourth-order valence-corrected chi connectivity index (χ4v) is 4.19. The lowest BCUT2D eigenvalue weighted by Crippen LogP contribution is -2.47. The molecule has 1 aliphatic heterocycles. The van der Waals surface area contributed by atoms with Crippen LogP contribution in [0.25, 0.3) is 0 Å². The van der Waals surface area contributed by atoms with Gasteiger partial charge in [0.05, 0.1) is 5.25 Å². The zero-order valence-corrected chi connectivity index (χ0v) is 11.4. The molecule has 1 heterocycles. The number of sulfonamides is 1. The fourth-order valence-electron chi connectivity index (χ4n) is 2.11.